The van der Waals surface area contributed by atoms with Crippen LogP contribution in [-0.4, -0.2) is 59.4 Å². The number of imidazole rings is 1. The van der Waals surface area contributed by atoms with Crippen LogP contribution in [0.4, 0.5) is 11.6 Å². The Bertz CT molecular complexity index is 1650. The summed E-state index contributed by atoms with van der Waals surface area (Å²) in [6.07, 6.45) is 2.15. The zero-order valence-corrected chi connectivity index (χ0v) is 23.0. The second-order valence-electron chi connectivity index (χ2n) is 9.84. The average molecular weight is 551 g/mol. The molecule has 0 radical (unpaired) electrons. The van der Waals surface area contributed by atoms with Gasteiger partial charge in [-0.15, -0.1) is 0 Å². The summed E-state index contributed by atoms with van der Waals surface area (Å²) in [6.45, 7) is 1.92. The topological polar surface area (TPSA) is 121 Å². The summed E-state index contributed by atoms with van der Waals surface area (Å²) in [5.74, 6) is 0.569. The van der Waals surface area contributed by atoms with Gasteiger partial charge in [0.1, 0.15) is 5.75 Å². The lowest BCUT2D eigenvalue weighted by atomic mass is 10.1. The van der Waals surface area contributed by atoms with Crippen molar-refractivity contribution in [3.05, 3.63) is 83.4 Å². The number of nitrogens with zero attached hydrogens (tertiary/aromatic N) is 5. The molecule has 1 aromatic heterocycles. The number of methoxy groups -OCH3 is 1. The van der Waals surface area contributed by atoms with Gasteiger partial charge in [-0.2, -0.15) is 5.26 Å². The van der Waals surface area contributed by atoms with Crippen molar-refractivity contribution in [2.45, 2.75) is 25.8 Å². The van der Waals surface area contributed by atoms with Crippen LogP contribution in [0.3, 0.4) is 0 Å². The van der Waals surface area contributed by atoms with E-state index >= 15 is 0 Å². The van der Waals surface area contributed by atoms with Crippen LogP contribution in [0.2, 0.25) is 0 Å². The van der Waals surface area contributed by atoms with Gasteiger partial charge in [-0.1, -0.05) is 6.07 Å². The minimum atomic E-state index is -0.355. The highest BCUT2D eigenvalue weighted by Crippen LogP contribution is 2.27. The molecule has 0 aliphatic carbocycles. The molecule has 1 fully saturated rings. The molecule has 4 aromatic rings. The van der Waals surface area contributed by atoms with Crippen molar-refractivity contribution in [2.75, 3.05) is 37.5 Å². The summed E-state index contributed by atoms with van der Waals surface area (Å²) in [5, 5.41) is 12.0. The van der Waals surface area contributed by atoms with Crippen molar-refractivity contribution in [2.24, 2.45) is 0 Å². The molecule has 1 aliphatic rings. The van der Waals surface area contributed by atoms with Crippen molar-refractivity contribution in [1.82, 2.24) is 14.5 Å². The normalized spacial score (nSPS) is 12.8. The maximum atomic E-state index is 13.2. The first-order valence-electron chi connectivity index (χ1n) is 13.4. The molecule has 208 valence electrons. The Morgan fingerprint density at radius 1 is 1.07 bits per heavy atom. The number of aryl methyl sites for hydroxylation is 1. The van der Waals surface area contributed by atoms with Gasteiger partial charge in [0.05, 0.1) is 29.8 Å². The number of fused-ring (bicyclic) bond motifs is 1. The summed E-state index contributed by atoms with van der Waals surface area (Å²) in [6, 6.07) is 20.9. The molecule has 1 N–H and O–H groups in total. The fraction of sp³-hybridized carbons (Fsp3) is 0.258. The fourth-order valence-corrected chi connectivity index (χ4v) is 4.95. The van der Waals surface area contributed by atoms with Gasteiger partial charge in [0.2, 0.25) is 11.9 Å². The fourth-order valence-electron chi connectivity index (χ4n) is 4.95. The smallest absolute Gasteiger partial charge is 0.258 e. The summed E-state index contributed by atoms with van der Waals surface area (Å²) in [7, 11) is 3.25. The van der Waals surface area contributed by atoms with Crippen molar-refractivity contribution in [3.8, 4) is 11.8 Å². The van der Waals surface area contributed by atoms with Crippen molar-refractivity contribution < 1.29 is 19.1 Å². The maximum absolute atomic E-state index is 13.2. The molecule has 5 rings (SSSR count). The summed E-state index contributed by atoms with van der Waals surface area (Å²) in [5.41, 5.74) is 3.39. The molecule has 2 heterocycles. The van der Waals surface area contributed by atoms with Crippen LogP contribution in [0, 0.1) is 11.3 Å². The minimum Gasteiger partial charge on any atom is -0.497 e. The molecule has 0 unspecified atom stereocenters. The molecule has 0 saturated carbocycles. The number of carbonyl (C=O) groups excluding carboxylic acids is 3. The maximum Gasteiger partial charge on any atom is 0.258 e. The number of nitrogens with one attached hydrogen (secondary N) is 1. The van der Waals surface area contributed by atoms with Gasteiger partial charge in [-0.25, -0.2) is 4.98 Å². The number of nitriles is 1. The first-order chi connectivity index (χ1) is 19.9. The minimum absolute atomic E-state index is 0.170. The molecular weight excluding hydrogens is 520 g/mol. The zero-order valence-electron chi connectivity index (χ0n) is 23.0. The Balaban J connectivity index is 1.43. The Morgan fingerprint density at radius 3 is 2.59 bits per heavy atom. The van der Waals surface area contributed by atoms with Gasteiger partial charge in [-0.05, 0) is 73.5 Å². The summed E-state index contributed by atoms with van der Waals surface area (Å²) in [4.78, 5) is 46.5. The number of likely N-dealkylation sites (tertiary alicyclic amines) is 1. The lowest BCUT2D eigenvalue weighted by Gasteiger charge is -2.18. The number of hydrogen-bond acceptors (Lipinski definition) is 6. The average Bonchev–Trinajstić information content (AvgIpc) is 3.58. The van der Waals surface area contributed by atoms with Gasteiger partial charge in [0.25, 0.3) is 11.8 Å². The Kier molecular flexibility index (Phi) is 7.97. The molecule has 0 spiro atoms. The van der Waals surface area contributed by atoms with Crippen molar-refractivity contribution in [1.29, 1.82) is 5.26 Å². The zero-order chi connectivity index (χ0) is 28.9. The Labute approximate surface area is 237 Å². The SMILES string of the molecule is COc1cccc(C(=O)N(C)c2ccc3c(c2)nc(NC(=O)c2ccc(C#N)cc2)n3CCCN2CCCC2=O)c1. The van der Waals surface area contributed by atoms with E-state index < -0.39 is 0 Å². The van der Waals surface area contributed by atoms with E-state index in [1.165, 1.54) is 0 Å². The van der Waals surface area contributed by atoms with Crippen LogP contribution in [-0.2, 0) is 11.3 Å². The number of ether oxygens (including phenoxy) is 1. The van der Waals surface area contributed by atoms with Gasteiger partial charge >= 0.3 is 0 Å². The van der Waals surface area contributed by atoms with E-state index in [-0.39, 0.29) is 17.7 Å². The van der Waals surface area contributed by atoms with Gasteiger partial charge in [0, 0.05) is 49.9 Å². The molecule has 10 heteroatoms. The van der Waals surface area contributed by atoms with E-state index in [1.807, 2.05) is 33.7 Å². The van der Waals surface area contributed by atoms with E-state index in [0.29, 0.717) is 65.5 Å². The highest BCUT2D eigenvalue weighted by atomic mass is 16.5. The van der Waals surface area contributed by atoms with Crippen molar-refractivity contribution in [3.63, 3.8) is 0 Å². The highest BCUT2D eigenvalue weighted by molar-refractivity contribution is 6.07. The van der Waals surface area contributed by atoms with Gasteiger partial charge in [0.15, 0.2) is 0 Å². The first-order valence-corrected chi connectivity index (χ1v) is 13.4. The molecule has 3 aromatic carbocycles. The number of hydrogen-bond donors (Lipinski definition) is 1. The van der Waals surface area contributed by atoms with Crippen LogP contribution < -0.4 is 15.0 Å². The quantitative estimate of drug-likeness (QED) is 0.329. The lowest BCUT2D eigenvalue weighted by molar-refractivity contribution is -0.127. The number of rotatable bonds is 9. The molecule has 10 nitrogen and oxygen atoms in total. The molecular formula is C31H30N6O4. The largest absolute Gasteiger partial charge is 0.497 e. The van der Waals surface area contributed by atoms with Crippen molar-refractivity contribution >= 4 is 40.4 Å². The third-order valence-corrected chi connectivity index (χ3v) is 7.22. The number of carbonyl (C=O) groups is 3. The van der Waals surface area contributed by atoms with E-state index in [1.54, 1.807) is 67.6 Å². The number of anilines is 2. The third kappa shape index (κ3) is 5.89. The molecule has 1 saturated heterocycles. The van der Waals surface area contributed by atoms with E-state index in [9.17, 15) is 14.4 Å². The second kappa shape index (κ2) is 11.9. The van der Waals surface area contributed by atoms with Gasteiger partial charge in [-0.3, -0.25) is 19.7 Å². The molecule has 1 aliphatic heterocycles. The summed E-state index contributed by atoms with van der Waals surface area (Å²) >= 11 is 0. The predicted octanol–water partition coefficient (Wildman–Crippen LogP) is 4.46. The van der Waals surface area contributed by atoms with Crippen LogP contribution in [0.1, 0.15) is 45.5 Å². The van der Waals surface area contributed by atoms with E-state index in [4.69, 9.17) is 15.0 Å². The van der Waals surface area contributed by atoms with Crippen LogP contribution in [0.15, 0.2) is 66.7 Å². The van der Waals surface area contributed by atoms with E-state index in [2.05, 4.69) is 5.32 Å². The number of benzene rings is 3. The lowest BCUT2D eigenvalue weighted by Crippen LogP contribution is -2.26. The standard InChI is InChI=1S/C31H30N6O4/c1-35(30(40)23-6-3-7-25(18-23)41-2)24-13-14-27-26(19-24)33-31(34-29(39)22-11-9-21(20-32)10-12-22)37(27)17-5-16-36-15-4-8-28(36)38/h3,6-7,9-14,18-19H,4-5,8,15-17H2,1-2H3,(H,33,34,39). The molecule has 0 bridgehead atoms. The van der Waals surface area contributed by atoms with Gasteiger partial charge < -0.3 is 19.1 Å². The Morgan fingerprint density at radius 2 is 1.88 bits per heavy atom. The van der Waals surface area contributed by atoms with Crippen LogP contribution in [0.5, 0.6) is 5.75 Å². The monoisotopic (exact) mass is 550 g/mol. The Hall–Kier alpha value is -5.17. The number of aromatic nitrogens is 2. The summed E-state index contributed by atoms with van der Waals surface area (Å²) < 4.78 is 7.18. The second-order valence-corrected chi connectivity index (χ2v) is 9.84. The van der Waals surface area contributed by atoms with Crippen LogP contribution in [0.25, 0.3) is 11.0 Å². The first kappa shape index (κ1) is 27.4. The number of amides is 3. The molecule has 0 atom stereocenters. The molecule has 3 amide bonds. The predicted molar refractivity (Wildman–Crippen MR) is 155 cm³/mol. The molecule has 41 heavy (non-hydrogen) atoms. The highest BCUT2D eigenvalue weighted by Gasteiger charge is 2.21. The third-order valence-electron chi connectivity index (χ3n) is 7.22. The van der Waals surface area contributed by atoms with E-state index in [0.717, 1.165) is 18.5 Å². The van der Waals surface area contributed by atoms with Crippen LogP contribution >= 0.6 is 0 Å².